The monoisotopic (exact) mass is 238 g/mol. The van der Waals surface area contributed by atoms with Gasteiger partial charge in [0.2, 0.25) is 0 Å². The topological polar surface area (TPSA) is 15.3 Å². The number of nitrogens with one attached hydrogen (secondary N) is 1. The van der Waals surface area contributed by atoms with Crippen molar-refractivity contribution < 1.29 is 0 Å². The smallest absolute Gasteiger partial charge is 0.0192 e. The average Bonchev–Trinajstić information content (AvgIpc) is 2.67. The highest BCUT2D eigenvalue weighted by Crippen LogP contribution is 2.36. The second-order valence-corrected chi connectivity index (χ2v) is 6.96. The highest BCUT2D eigenvalue weighted by molar-refractivity contribution is 4.87. The fourth-order valence-electron chi connectivity index (χ4n) is 3.44. The molecule has 0 aromatic carbocycles. The van der Waals surface area contributed by atoms with E-state index in [1.807, 2.05) is 0 Å². The number of hydrogen-bond donors (Lipinski definition) is 1. The normalized spacial score (nSPS) is 31.6. The van der Waals surface area contributed by atoms with E-state index < -0.39 is 0 Å². The zero-order chi connectivity index (χ0) is 12.3. The molecule has 1 saturated carbocycles. The van der Waals surface area contributed by atoms with Gasteiger partial charge >= 0.3 is 0 Å². The van der Waals surface area contributed by atoms with E-state index in [1.54, 1.807) is 0 Å². The number of rotatable bonds is 4. The molecule has 2 rings (SSSR count). The van der Waals surface area contributed by atoms with Gasteiger partial charge in [0.05, 0.1) is 0 Å². The molecular weight excluding hydrogens is 208 g/mol. The molecule has 1 heterocycles. The van der Waals surface area contributed by atoms with Gasteiger partial charge in [0.15, 0.2) is 0 Å². The molecule has 1 aliphatic carbocycles. The van der Waals surface area contributed by atoms with E-state index >= 15 is 0 Å². The van der Waals surface area contributed by atoms with E-state index in [2.05, 4.69) is 31.0 Å². The maximum atomic E-state index is 3.79. The molecular formula is C15H30N2. The van der Waals surface area contributed by atoms with E-state index in [0.29, 0.717) is 5.41 Å². The van der Waals surface area contributed by atoms with Crippen LogP contribution in [0.5, 0.6) is 0 Å². The largest absolute Gasteiger partial charge is 0.312 e. The van der Waals surface area contributed by atoms with Crippen LogP contribution in [-0.2, 0) is 0 Å². The summed E-state index contributed by atoms with van der Waals surface area (Å²) in [6.45, 7) is 11.0. The van der Waals surface area contributed by atoms with Crippen LogP contribution in [0.2, 0.25) is 0 Å². The molecule has 0 radical (unpaired) electrons. The van der Waals surface area contributed by atoms with E-state index in [1.165, 1.54) is 58.2 Å². The first-order chi connectivity index (χ1) is 8.07. The summed E-state index contributed by atoms with van der Waals surface area (Å²) in [5.74, 6) is 0. The Morgan fingerprint density at radius 3 is 2.53 bits per heavy atom. The first kappa shape index (κ1) is 13.4. The standard InChI is InChI=1S/C15H30N2/c1-13(17-9-5-4-6-10-17)12-16-14-7-8-15(2,3)11-14/h13-14,16H,4-12H2,1-3H3. The number of piperidine rings is 1. The van der Waals surface area contributed by atoms with Crippen LogP contribution in [0.1, 0.15) is 59.3 Å². The Kier molecular flexibility index (Phi) is 4.48. The molecule has 1 saturated heterocycles. The molecule has 0 aromatic rings. The van der Waals surface area contributed by atoms with Crippen molar-refractivity contribution in [3.05, 3.63) is 0 Å². The van der Waals surface area contributed by atoms with Crippen LogP contribution in [0, 0.1) is 5.41 Å². The van der Waals surface area contributed by atoms with E-state index in [4.69, 9.17) is 0 Å². The fourth-order valence-corrected chi connectivity index (χ4v) is 3.44. The molecule has 2 unspecified atom stereocenters. The fraction of sp³-hybridized carbons (Fsp3) is 1.00. The lowest BCUT2D eigenvalue weighted by atomic mass is 9.92. The van der Waals surface area contributed by atoms with Crippen molar-refractivity contribution in [2.24, 2.45) is 5.41 Å². The van der Waals surface area contributed by atoms with Gasteiger partial charge in [-0.25, -0.2) is 0 Å². The van der Waals surface area contributed by atoms with Crippen molar-refractivity contribution in [1.29, 1.82) is 0 Å². The van der Waals surface area contributed by atoms with Crippen LogP contribution in [0.15, 0.2) is 0 Å². The van der Waals surface area contributed by atoms with E-state index in [-0.39, 0.29) is 0 Å². The minimum Gasteiger partial charge on any atom is -0.312 e. The van der Waals surface area contributed by atoms with Gasteiger partial charge in [-0.2, -0.15) is 0 Å². The van der Waals surface area contributed by atoms with Crippen molar-refractivity contribution in [2.45, 2.75) is 71.4 Å². The Labute approximate surface area is 107 Å². The third-order valence-corrected chi connectivity index (χ3v) is 4.68. The van der Waals surface area contributed by atoms with Gasteiger partial charge in [0.1, 0.15) is 0 Å². The van der Waals surface area contributed by atoms with Crippen LogP contribution in [0.25, 0.3) is 0 Å². The summed E-state index contributed by atoms with van der Waals surface area (Å²) < 4.78 is 0. The van der Waals surface area contributed by atoms with Crippen molar-refractivity contribution in [3.8, 4) is 0 Å². The maximum Gasteiger partial charge on any atom is 0.0192 e. The molecule has 0 spiro atoms. The molecule has 0 amide bonds. The quantitative estimate of drug-likeness (QED) is 0.810. The van der Waals surface area contributed by atoms with Crippen LogP contribution in [0.3, 0.4) is 0 Å². The third-order valence-electron chi connectivity index (χ3n) is 4.68. The lowest BCUT2D eigenvalue weighted by Crippen LogP contribution is -2.45. The Hall–Kier alpha value is -0.0800. The van der Waals surface area contributed by atoms with Gasteiger partial charge in [0, 0.05) is 18.6 Å². The second-order valence-electron chi connectivity index (χ2n) is 6.96. The van der Waals surface area contributed by atoms with Gasteiger partial charge in [-0.1, -0.05) is 20.3 Å². The Bertz CT molecular complexity index is 231. The lowest BCUT2D eigenvalue weighted by Gasteiger charge is -2.33. The molecule has 2 heteroatoms. The average molecular weight is 238 g/mol. The van der Waals surface area contributed by atoms with E-state index in [0.717, 1.165) is 12.1 Å². The predicted octanol–water partition coefficient (Wildman–Crippen LogP) is 3.03. The highest BCUT2D eigenvalue weighted by Gasteiger charge is 2.30. The summed E-state index contributed by atoms with van der Waals surface area (Å²) in [7, 11) is 0. The Balaban J connectivity index is 1.67. The van der Waals surface area contributed by atoms with Crippen LogP contribution in [0.4, 0.5) is 0 Å². The molecule has 17 heavy (non-hydrogen) atoms. The third kappa shape index (κ3) is 3.96. The van der Waals surface area contributed by atoms with Crippen LogP contribution >= 0.6 is 0 Å². The minimum atomic E-state index is 0.575. The second kappa shape index (κ2) is 5.71. The summed E-state index contributed by atoms with van der Waals surface area (Å²) in [4.78, 5) is 2.66. The van der Waals surface area contributed by atoms with Gasteiger partial charge < -0.3 is 5.32 Å². The van der Waals surface area contributed by atoms with Gasteiger partial charge in [-0.15, -0.1) is 0 Å². The molecule has 100 valence electrons. The molecule has 0 aromatic heterocycles. The molecule has 2 aliphatic rings. The van der Waals surface area contributed by atoms with Gasteiger partial charge in [0.25, 0.3) is 0 Å². The number of likely N-dealkylation sites (tertiary alicyclic amines) is 1. The summed E-state index contributed by atoms with van der Waals surface area (Å²) >= 11 is 0. The molecule has 2 nitrogen and oxygen atoms in total. The minimum absolute atomic E-state index is 0.575. The molecule has 2 atom stereocenters. The summed E-state index contributed by atoms with van der Waals surface area (Å²) in [5, 5.41) is 3.79. The summed E-state index contributed by atoms with van der Waals surface area (Å²) in [5.41, 5.74) is 0.575. The zero-order valence-electron chi connectivity index (χ0n) is 12.0. The number of hydrogen-bond acceptors (Lipinski definition) is 2. The van der Waals surface area contributed by atoms with Gasteiger partial charge in [-0.05, 0) is 57.5 Å². The Morgan fingerprint density at radius 2 is 1.94 bits per heavy atom. The lowest BCUT2D eigenvalue weighted by molar-refractivity contribution is 0.167. The number of nitrogens with zero attached hydrogens (tertiary/aromatic N) is 1. The van der Waals surface area contributed by atoms with Crippen molar-refractivity contribution in [1.82, 2.24) is 10.2 Å². The first-order valence-corrected chi connectivity index (χ1v) is 7.54. The summed E-state index contributed by atoms with van der Waals surface area (Å²) in [6.07, 6.45) is 8.37. The van der Waals surface area contributed by atoms with Crippen LogP contribution in [-0.4, -0.2) is 36.6 Å². The first-order valence-electron chi connectivity index (χ1n) is 7.54. The zero-order valence-corrected chi connectivity index (χ0v) is 12.0. The Morgan fingerprint density at radius 1 is 1.24 bits per heavy atom. The SMILES string of the molecule is CC(CNC1CCC(C)(C)C1)N1CCCCC1. The van der Waals surface area contributed by atoms with Crippen LogP contribution < -0.4 is 5.32 Å². The maximum absolute atomic E-state index is 3.79. The van der Waals surface area contributed by atoms with Gasteiger partial charge in [-0.3, -0.25) is 4.90 Å². The predicted molar refractivity (Wildman–Crippen MR) is 74.3 cm³/mol. The summed E-state index contributed by atoms with van der Waals surface area (Å²) in [6, 6.07) is 1.50. The van der Waals surface area contributed by atoms with E-state index in [9.17, 15) is 0 Å². The molecule has 0 bridgehead atoms. The van der Waals surface area contributed by atoms with Crippen molar-refractivity contribution in [3.63, 3.8) is 0 Å². The molecule has 2 fully saturated rings. The van der Waals surface area contributed by atoms with Crippen molar-refractivity contribution >= 4 is 0 Å². The molecule has 1 aliphatic heterocycles. The molecule has 1 N–H and O–H groups in total. The van der Waals surface area contributed by atoms with Crippen molar-refractivity contribution in [2.75, 3.05) is 19.6 Å². The highest BCUT2D eigenvalue weighted by atomic mass is 15.2.